The number of hydrogen-bond acceptors (Lipinski definition) is 6. The molecule has 35 heavy (non-hydrogen) atoms. The number of nitriles is 1. The number of aromatic nitrogens is 5. The second-order valence-electron chi connectivity index (χ2n) is 9.45. The lowest BCUT2D eigenvalue weighted by molar-refractivity contribution is 0.101. The number of aryl methyl sites for hydroxylation is 1. The van der Waals surface area contributed by atoms with Crippen molar-refractivity contribution in [2.24, 2.45) is 7.05 Å². The molecule has 1 fully saturated rings. The van der Waals surface area contributed by atoms with Crippen molar-refractivity contribution in [2.45, 2.75) is 58.3 Å². The summed E-state index contributed by atoms with van der Waals surface area (Å²) in [4.78, 5) is 22.2. The van der Waals surface area contributed by atoms with E-state index in [1.165, 1.54) is 5.56 Å². The van der Waals surface area contributed by atoms with Crippen LogP contribution in [0.2, 0.25) is 0 Å². The van der Waals surface area contributed by atoms with Gasteiger partial charge in [0.2, 0.25) is 0 Å². The Kier molecular flexibility index (Phi) is 6.07. The highest BCUT2D eigenvalue weighted by molar-refractivity contribution is 5.88. The molecule has 0 bridgehead atoms. The van der Waals surface area contributed by atoms with Gasteiger partial charge in [-0.3, -0.25) is 14.4 Å². The van der Waals surface area contributed by atoms with E-state index in [9.17, 15) is 4.79 Å². The summed E-state index contributed by atoms with van der Waals surface area (Å²) in [6.45, 7) is 8.59. The zero-order valence-electron chi connectivity index (χ0n) is 20.8. The second kappa shape index (κ2) is 9.19. The van der Waals surface area contributed by atoms with Crippen LogP contribution in [0.4, 0.5) is 5.69 Å². The van der Waals surface area contributed by atoms with Gasteiger partial charge in [-0.05, 0) is 31.4 Å². The number of imidazole rings is 1. The molecule has 1 unspecified atom stereocenters. The first-order valence-electron chi connectivity index (χ1n) is 12.3. The Balaban J connectivity index is 1.51. The lowest BCUT2D eigenvalue weighted by atomic mass is 9.97. The van der Waals surface area contributed by atoms with Crippen molar-refractivity contribution >= 4 is 22.4 Å². The molecule has 0 amide bonds. The summed E-state index contributed by atoms with van der Waals surface area (Å²) >= 11 is 0. The summed E-state index contributed by atoms with van der Waals surface area (Å²) in [6.07, 6.45) is 9.75. The predicted molar refractivity (Wildman–Crippen MR) is 136 cm³/mol. The van der Waals surface area contributed by atoms with Gasteiger partial charge >= 0.3 is 0 Å². The molecule has 0 aliphatic carbocycles. The van der Waals surface area contributed by atoms with Gasteiger partial charge in [-0.25, -0.2) is 4.98 Å². The molecule has 9 nitrogen and oxygen atoms in total. The van der Waals surface area contributed by atoms with Gasteiger partial charge in [0.1, 0.15) is 17.7 Å². The number of pyridine rings is 2. The molecule has 1 aliphatic heterocycles. The molecule has 1 aliphatic rings. The van der Waals surface area contributed by atoms with E-state index in [1.54, 1.807) is 28.6 Å². The lowest BCUT2D eigenvalue weighted by Crippen LogP contribution is -2.58. The Hall–Kier alpha value is -3.64. The van der Waals surface area contributed by atoms with Crippen LogP contribution in [0.3, 0.4) is 0 Å². The van der Waals surface area contributed by atoms with E-state index in [-0.39, 0.29) is 24.2 Å². The molecule has 0 aromatic carbocycles. The fraction of sp³-hybridized carbons (Fsp3) is 0.462. The van der Waals surface area contributed by atoms with Crippen LogP contribution in [0.5, 0.6) is 0 Å². The minimum atomic E-state index is -0.0589. The van der Waals surface area contributed by atoms with Crippen LogP contribution in [-0.4, -0.2) is 53.8 Å². The molecule has 0 saturated carbocycles. The van der Waals surface area contributed by atoms with Crippen molar-refractivity contribution in [1.29, 1.82) is 5.26 Å². The quantitative estimate of drug-likeness (QED) is 0.428. The van der Waals surface area contributed by atoms with Crippen molar-refractivity contribution in [3.05, 3.63) is 58.9 Å². The van der Waals surface area contributed by atoms with Crippen LogP contribution in [-0.2, 0) is 13.6 Å². The van der Waals surface area contributed by atoms with Crippen molar-refractivity contribution in [1.82, 2.24) is 28.6 Å². The maximum Gasteiger partial charge on any atom is 0.252 e. The molecule has 4 aromatic rings. The summed E-state index contributed by atoms with van der Waals surface area (Å²) in [5, 5.41) is 13.8. The normalized spacial score (nSPS) is 19.9. The van der Waals surface area contributed by atoms with Crippen LogP contribution in [0.25, 0.3) is 16.7 Å². The van der Waals surface area contributed by atoms with Gasteiger partial charge in [-0.1, -0.05) is 19.9 Å². The molecule has 5 rings (SSSR count). The molecule has 1 saturated heterocycles. The van der Waals surface area contributed by atoms with Gasteiger partial charge in [0.15, 0.2) is 0 Å². The van der Waals surface area contributed by atoms with Crippen molar-refractivity contribution < 1.29 is 0 Å². The van der Waals surface area contributed by atoms with Crippen molar-refractivity contribution in [3.63, 3.8) is 0 Å². The average Bonchev–Trinajstić information content (AvgIpc) is 3.52. The van der Waals surface area contributed by atoms with E-state index in [0.29, 0.717) is 6.04 Å². The van der Waals surface area contributed by atoms with E-state index in [2.05, 4.69) is 64.4 Å². The third-order valence-corrected chi connectivity index (χ3v) is 7.55. The monoisotopic (exact) mass is 472 g/mol. The predicted octanol–water partition coefficient (Wildman–Crippen LogP) is 3.35. The maximum atomic E-state index is 12.9. The van der Waals surface area contributed by atoms with Gasteiger partial charge < -0.3 is 13.9 Å². The second-order valence-corrected chi connectivity index (χ2v) is 9.45. The Morgan fingerprint density at radius 2 is 1.97 bits per heavy atom. The third-order valence-electron chi connectivity index (χ3n) is 7.55. The van der Waals surface area contributed by atoms with Gasteiger partial charge in [-0.15, -0.1) is 0 Å². The molecule has 182 valence electrons. The largest absolute Gasteiger partial charge is 0.364 e. The van der Waals surface area contributed by atoms with Crippen LogP contribution >= 0.6 is 0 Å². The highest BCUT2D eigenvalue weighted by Crippen LogP contribution is 2.34. The molecule has 0 spiro atoms. The highest BCUT2D eigenvalue weighted by atomic mass is 16.1. The van der Waals surface area contributed by atoms with E-state index >= 15 is 0 Å². The number of hydrogen-bond donors (Lipinski definition) is 0. The first kappa shape index (κ1) is 23.1. The van der Waals surface area contributed by atoms with E-state index in [4.69, 9.17) is 10.4 Å². The molecule has 5 heterocycles. The molecular weight excluding hydrogens is 440 g/mol. The van der Waals surface area contributed by atoms with Crippen molar-refractivity contribution in [3.8, 4) is 6.07 Å². The first-order chi connectivity index (χ1) is 16.9. The smallest absolute Gasteiger partial charge is 0.252 e. The van der Waals surface area contributed by atoms with E-state index < -0.39 is 0 Å². The number of nitrogens with zero attached hydrogens (tertiary/aromatic N) is 8. The Morgan fingerprint density at radius 1 is 1.17 bits per heavy atom. The zero-order valence-corrected chi connectivity index (χ0v) is 20.8. The summed E-state index contributed by atoms with van der Waals surface area (Å²) in [7, 11) is 1.76. The summed E-state index contributed by atoms with van der Waals surface area (Å²) < 4.78 is 5.31. The SMILES string of the molecule is CC[C@H]1CN(C(C)c2ccc3nccn3c2)[C@H](CC)CN1c1cc(=O)n(C)c2cn(CC#N)nc12. The molecule has 0 N–H and O–H groups in total. The minimum absolute atomic E-state index is 0.0589. The fourth-order valence-corrected chi connectivity index (χ4v) is 5.44. The third kappa shape index (κ3) is 3.98. The molecule has 4 aromatic heterocycles. The molecular formula is C26H32N8O. The zero-order chi connectivity index (χ0) is 24.7. The van der Waals surface area contributed by atoms with Crippen LogP contribution in [0.15, 0.2) is 47.8 Å². The van der Waals surface area contributed by atoms with Crippen LogP contribution < -0.4 is 10.5 Å². The lowest BCUT2D eigenvalue weighted by Gasteiger charge is -2.49. The maximum absolute atomic E-state index is 12.9. The number of piperazine rings is 1. The molecule has 0 radical (unpaired) electrons. The Bertz CT molecular complexity index is 1460. The summed E-state index contributed by atoms with van der Waals surface area (Å²) in [6, 6.07) is 8.94. The van der Waals surface area contributed by atoms with E-state index in [0.717, 1.165) is 48.3 Å². The highest BCUT2D eigenvalue weighted by Gasteiger charge is 2.36. The average molecular weight is 473 g/mol. The summed E-state index contributed by atoms with van der Waals surface area (Å²) in [5.41, 5.74) is 4.57. The molecule has 9 heteroatoms. The van der Waals surface area contributed by atoms with Crippen LogP contribution in [0, 0.1) is 11.3 Å². The van der Waals surface area contributed by atoms with Gasteiger partial charge in [-0.2, -0.15) is 10.4 Å². The van der Waals surface area contributed by atoms with Crippen molar-refractivity contribution in [2.75, 3.05) is 18.0 Å². The van der Waals surface area contributed by atoms with Gasteiger partial charge in [0, 0.05) is 62.9 Å². The van der Waals surface area contributed by atoms with Gasteiger partial charge in [0.25, 0.3) is 5.56 Å². The fourth-order valence-electron chi connectivity index (χ4n) is 5.44. The van der Waals surface area contributed by atoms with E-state index in [1.807, 2.05) is 12.4 Å². The standard InChI is InChI=1S/C26H32N8O/c1-5-20-16-34(22-13-25(35)30(4)23-17-32(11-9-27)29-26(22)23)21(6-2)15-33(20)18(3)19-7-8-24-28-10-12-31(24)14-19/h7-8,10,12-14,17-18,20-21H,5-6,11,15-16H2,1-4H3/t18?,20-,21+/m1/s1. The first-order valence-corrected chi connectivity index (χ1v) is 12.3. The van der Waals surface area contributed by atoms with Gasteiger partial charge in [0.05, 0.1) is 23.5 Å². The topological polar surface area (TPSA) is 87.4 Å². The van der Waals surface area contributed by atoms with Crippen LogP contribution in [0.1, 0.15) is 45.2 Å². The number of fused-ring (bicyclic) bond motifs is 2. The Labute approximate surface area is 204 Å². The Morgan fingerprint density at radius 3 is 2.71 bits per heavy atom. The summed E-state index contributed by atoms with van der Waals surface area (Å²) in [5.74, 6) is 0. The number of anilines is 1. The minimum Gasteiger partial charge on any atom is -0.364 e. The number of rotatable bonds is 6. The molecule has 3 atom stereocenters.